The number of hydrogen-bond donors (Lipinski definition) is 3. The van der Waals surface area contributed by atoms with E-state index in [0.717, 1.165) is 5.69 Å². The largest absolute Gasteiger partial charge is 0.300 e. The van der Waals surface area contributed by atoms with E-state index in [-0.39, 0.29) is 5.11 Å². The molecule has 6 heteroatoms. The molecule has 0 radical (unpaired) electrons. The van der Waals surface area contributed by atoms with Crippen molar-refractivity contribution in [1.29, 1.82) is 0 Å². The maximum Gasteiger partial charge on any atom is 0.201 e. The minimum atomic E-state index is 0.257. The van der Waals surface area contributed by atoms with Crippen LogP contribution in [0.25, 0.3) is 0 Å². The Morgan fingerprint density at radius 1 is 1.62 bits per heavy atom. The predicted molar refractivity (Wildman–Crippen MR) is 54.9 cm³/mol. The van der Waals surface area contributed by atoms with Gasteiger partial charge in [-0.3, -0.25) is 15.8 Å². The normalized spacial score (nSPS) is 9.92. The van der Waals surface area contributed by atoms with Gasteiger partial charge in [-0.05, 0) is 24.4 Å². The van der Waals surface area contributed by atoms with Gasteiger partial charge in [-0.15, -0.1) is 0 Å². The number of hydrazine groups is 1. The van der Waals surface area contributed by atoms with Crippen LogP contribution in [0.4, 0.5) is 0 Å². The molecule has 1 aromatic rings. The zero-order valence-corrected chi connectivity index (χ0v) is 7.58. The Morgan fingerprint density at radius 3 is 3.08 bits per heavy atom. The molecule has 1 heterocycles. The van der Waals surface area contributed by atoms with Crippen molar-refractivity contribution in [2.24, 2.45) is 10.9 Å². The molecule has 0 unspecified atom stereocenters. The summed E-state index contributed by atoms with van der Waals surface area (Å²) in [4.78, 5) is 4.02. The lowest BCUT2D eigenvalue weighted by Gasteiger charge is -1.98. The molecule has 0 aliphatic heterocycles. The SMILES string of the molecule is NNC(=S)NN=Cc1ccccn1. The van der Waals surface area contributed by atoms with Crippen LogP contribution in [-0.2, 0) is 0 Å². The topological polar surface area (TPSA) is 75.3 Å². The number of thiocarbonyl (C=S) groups is 1. The Kier molecular flexibility index (Phi) is 3.80. The van der Waals surface area contributed by atoms with Crippen molar-refractivity contribution in [3.63, 3.8) is 0 Å². The highest BCUT2D eigenvalue weighted by Gasteiger charge is 1.86. The Balaban J connectivity index is 2.45. The molecule has 68 valence electrons. The molecular formula is C7H9N5S. The van der Waals surface area contributed by atoms with Crippen molar-refractivity contribution < 1.29 is 0 Å². The Labute approximate surface area is 81.0 Å². The zero-order chi connectivity index (χ0) is 9.52. The van der Waals surface area contributed by atoms with Gasteiger partial charge in [-0.1, -0.05) is 6.07 Å². The number of aromatic nitrogens is 1. The third-order valence-corrected chi connectivity index (χ3v) is 1.39. The minimum absolute atomic E-state index is 0.257. The lowest BCUT2D eigenvalue weighted by atomic mass is 10.4. The summed E-state index contributed by atoms with van der Waals surface area (Å²) in [6, 6.07) is 5.52. The first-order valence-electron chi connectivity index (χ1n) is 3.53. The summed E-state index contributed by atoms with van der Waals surface area (Å²) in [7, 11) is 0. The van der Waals surface area contributed by atoms with Crippen molar-refractivity contribution in [1.82, 2.24) is 15.8 Å². The van der Waals surface area contributed by atoms with Gasteiger partial charge in [0.1, 0.15) is 0 Å². The molecule has 0 fully saturated rings. The van der Waals surface area contributed by atoms with Crippen LogP contribution >= 0.6 is 12.2 Å². The first-order chi connectivity index (χ1) is 6.33. The smallest absolute Gasteiger partial charge is 0.201 e. The van der Waals surface area contributed by atoms with Gasteiger partial charge in [0.25, 0.3) is 0 Å². The third-order valence-electron chi connectivity index (χ3n) is 1.18. The van der Waals surface area contributed by atoms with Crippen LogP contribution in [0, 0.1) is 0 Å². The van der Waals surface area contributed by atoms with Crippen LogP contribution in [-0.4, -0.2) is 16.3 Å². The number of pyridine rings is 1. The first kappa shape index (κ1) is 9.56. The summed E-state index contributed by atoms with van der Waals surface area (Å²) >= 11 is 4.69. The van der Waals surface area contributed by atoms with Crippen LogP contribution in [0.5, 0.6) is 0 Å². The fourth-order valence-corrected chi connectivity index (χ4v) is 0.694. The molecule has 0 saturated carbocycles. The molecule has 0 atom stereocenters. The summed E-state index contributed by atoms with van der Waals surface area (Å²) in [6.07, 6.45) is 3.23. The number of hydrogen-bond acceptors (Lipinski definition) is 4. The van der Waals surface area contributed by atoms with Crippen LogP contribution in [0.2, 0.25) is 0 Å². The molecule has 1 rings (SSSR count). The van der Waals surface area contributed by atoms with Gasteiger partial charge in [0.2, 0.25) is 5.11 Å². The van der Waals surface area contributed by atoms with E-state index < -0.39 is 0 Å². The van der Waals surface area contributed by atoms with E-state index in [1.165, 1.54) is 0 Å². The number of nitrogens with one attached hydrogen (secondary N) is 2. The van der Waals surface area contributed by atoms with E-state index in [2.05, 4.69) is 33.2 Å². The highest BCUT2D eigenvalue weighted by molar-refractivity contribution is 7.80. The molecule has 0 aromatic carbocycles. The molecule has 4 N–H and O–H groups in total. The molecular weight excluding hydrogens is 186 g/mol. The van der Waals surface area contributed by atoms with E-state index in [1.807, 2.05) is 18.2 Å². The predicted octanol–water partition coefficient (Wildman–Crippen LogP) is -0.247. The minimum Gasteiger partial charge on any atom is -0.300 e. The zero-order valence-electron chi connectivity index (χ0n) is 6.77. The molecule has 0 amide bonds. The summed E-state index contributed by atoms with van der Waals surface area (Å²) < 4.78 is 0. The molecule has 5 nitrogen and oxygen atoms in total. The van der Waals surface area contributed by atoms with Crippen LogP contribution in [0.3, 0.4) is 0 Å². The van der Waals surface area contributed by atoms with E-state index in [4.69, 9.17) is 5.84 Å². The average Bonchev–Trinajstić information content (AvgIpc) is 2.19. The van der Waals surface area contributed by atoms with Gasteiger partial charge in [0.05, 0.1) is 11.9 Å². The fourth-order valence-electron chi connectivity index (χ4n) is 0.642. The summed E-state index contributed by atoms with van der Waals surface area (Å²) in [5.74, 6) is 5.01. The van der Waals surface area contributed by atoms with E-state index in [0.29, 0.717) is 0 Å². The van der Waals surface area contributed by atoms with Crippen molar-refractivity contribution >= 4 is 23.5 Å². The van der Waals surface area contributed by atoms with E-state index >= 15 is 0 Å². The van der Waals surface area contributed by atoms with Crippen LogP contribution < -0.4 is 16.7 Å². The summed E-state index contributed by atoms with van der Waals surface area (Å²) in [5, 5.41) is 4.05. The highest BCUT2D eigenvalue weighted by Crippen LogP contribution is 1.87. The average molecular weight is 195 g/mol. The Bertz CT molecular complexity index is 297. The number of nitrogens with zero attached hydrogens (tertiary/aromatic N) is 2. The lowest BCUT2D eigenvalue weighted by Crippen LogP contribution is -2.37. The lowest BCUT2D eigenvalue weighted by molar-refractivity contribution is 0.929. The molecule has 13 heavy (non-hydrogen) atoms. The van der Waals surface area contributed by atoms with Gasteiger partial charge in [0.15, 0.2) is 0 Å². The van der Waals surface area contributed by atoms with Gasteiger partial charge in [-0.25, -0.2) is 5.84 Å². The number of rotatable bonds is 2. The van der Waals surface area contributed by atoms with Crippen LogP contribution in [0.1, 0.15) is 5.69 Å². The summed E-state index contributed by atoms with van der Waals surface area (Å²) in [6.45, 7) is 0. The molecule has 0 bridgehead atoms. The molecule has 0 saturated heterocycles. The highest BCUT2D eigenvalue weighted by atomic mass is 32.1. The van der Waals surface area contributed by atoms with Crippen molar-refractivity contribution in [2.75, 3.05) is 0 Å². The second-order valence-electron chi connectivity index (χ2n) is 2.10. The second-order valence-corrected chi connectivity index (χ2v) is 2.51. The second kappa shape index (κ2) is 5.18. The standard InChI is InChI=1S/C7H9N5S/c8-11-7(13)12-10-5-6-3-1-2-4-9-6/h1-5H,8H2,(H2,11,12,13). The molecule has 0 aliphatic carbocycles. The van der Waals surface area contributed by atoms with Crippen molar-refractivity contribution in [3.05, 3.63) is 30.1 Å². The summed E-state index contributed by atoms with van der Waals surface area (Å²) in [5.41, 5.74) is 5.49. The van der Waals surface area contributed by atoms with E-state index in [9.17, 15) is 0 Å². The number of nitrogens with two attached hydrogens (primary N) is 1. The van der Waals surface area contributed by atoms with Gasteiger partial charge >= 0.3 is 0 Å². The van der Waals surface area contributed by atoms with Crippen LogP contribution in [0.15, 0.2) is 29.5 Å². The molecule has 0 spiro atoms. The molecule has 1 aromatic heterocycles. The fraction of sp³-hybridized carbons (Fsp3) is 0. The van der Waals surface area contributed by atoms with Gasteiger partial charge in [-0.2, -0.15) is 5.10 Å². The van der Waals surface area contributed by atoms with E-state index in [1.54, 1.807) is 12.4 Å². The van der Waals surface area contributed by atoms with Gasteiger partial charge in [0, 0.05) is 6.20 Å². The quantitative estimate of drug-likeness (QED) is 0.263. The number of hydrazone groups is 1. The maximum atomic E-state index is 5.01. The Morgan fingerprint density at radius 2 is 2.46 bits per heavy atom. The maximum absolute atomic E-state index is 5.01. The van der Waals surface area contributed by atoms with Crippen molar-refractivity contribution in [3.8, 4) is 0 Å². The van der Waals surface area contributed by atoms with Gasteiger partial charge < -0.3 is 0 Å². The first-order valence-corrected chi connectivity index (χ1v) is 3.94. The molecule has 0 aliphatic rings. The Hall–Kier alpha value is -1.53. The monoisotopic (exact) mass is 195 g/mol. The van der Waals surface area contributed by atoms with Crippen molar-refractivity contribution in [2.45, 2.75) is 0 Å². The third kappa shape index (κ3) is 3.59.